The molecular weight excluding hydrogens is 226 g/mol. The SMILES string of the molecule is CC1CN(Cc2cn3cccnc3n2)CCC1N. The monoisotopic (exact) mass is 245 g/mol. The van der Waals surface area contributed by atoms with Crippen molar-refractivity contribution in [3.63, 3.8) is 0 Å². The Hall–Kier alpha value is -1.46. The van der Waals surface area contributed by atoms with Crippen LogP contribution in [0.2, 0.25) is 0 Å². The van der Waals surface area contributed by atoms with Gasteiger partial charge in [0.2, 0.25) is 5.78 Å². The zero-order valence-corrected chi connectivity index (χ0v) is 10.7. The lowest BCUT2D eigenvalue weighted by atomic mass is 9.95. The third-order valence-corrected chi connectivity index (χ3v) is 3.73. The molecule has 2 N–H and O–H groups in total. The number of likely N-dealkylation sites (tertiary alicyclic amines) is 1. The molecule has 0 radical (unpaired) electrons. The molecule has 1 aliphatic rings. The normalized spacial score (nSPS) is 25.7. The van der Waals surface area contributed by atoms with Gasteiger partial charge in [-0.15, -0.1) is 0 Å². The van der Waals surface area contributed by atoms with Gasteiger partial charge in [0.15, 0.2) is 0 Å². The Morgan fingerprint density at radius 1 is 1.50 bits per heavy atom. The molecule has 1 saturated heterocycles. The van der Waals surface area contributed by atoms with Crippen LogP contribution >= 0.6 is 0 Å². The number of piperidine rings is 1. The average molecular weight is 245 g/mol. The molecule has 0 aromatic carbocycles. The lowest BCUT2D eigenvalue weighted by Crippen LogP contribution is -2.45. The van der Waals surface area contributed by atoms with Crippen molar-refractivity contribution in [2.75, 3.05) is 13.1 Å². The third kappa shape index (κ3) is 2.23. The van der Waals surface area contributed by atoms with Crippen LogP contribution in [0.25, 0.3) is 5.78 Å². The predicted molar refractivity (Wildman–Crippen MR) is 70.0 cm³/mol. The van der Waals surface area contributed by atoms with Gasteiger partial charge >= 0.3 is 0 Å². The van der Waals surface area contributed by atoms with Crippen LogP contribution in [0.4, 0.5) is 0 Å². The largest absolute Gasteiger partial charge is 0.327 e. The molecule has 0 saturated carbocycles. The second kappa shape index (κ2) is 4.66. The van der Waals surface area contributed by atoms with Crippen molar-refractivity contribution in [2.45, 2.75) is 25.9 Å². The lowest BCUT2D eigenvalue weighted by molar-refractivity contribution is 0.156. The molecule has 2 aromatic heterocycles. The molecule has 5 nitrogen and oxygen atoms in total. The summed E-state index contributed by atoms with van der Waals surface area (Å²) in [7, 11) is 0. The highest BCUT2D eigenvalue weighted by Gasteiger charge is 2.23. The first-order chi connectivity index (χ1) is 8.72. The minimum Gasteiger partial charge on any atom is -0.327 e. The van der Waals surface area contributed by atoms with Crippen LogP contribution in [0.5, 0.6) is 0 Å². The first kappa shape index (κ1) is 11.6. The van der Waals surface area contributed by atoms with Gasteiger partial charge in [-0.3, -0.25) is 9.30 Å². The summed E-state index contributed by atoms with van der Waals surface area (Å²) in [6.45, 7) is 5.23. The van der Waals surface area contributed by atoms with Crippen LogP contribution in [-0.4, -0.2) is 38.4 Å². The molecule has 96 valence electrons. The van der Waals surface area contributed by atoms with E-state index in [9.17, 15) is 0 Å². The Bertz CT molecular complexity index is 502. The Labute approximate surface area is 107 Å². The number of rotatable bonds is 2. The highest BCUT2D eigenvalue weighted by molar-refractivity contribution is 5.29. The van der Waals surface area contributed by atoms with E-state index in [4.69, 9.17) is 5.73 Å². The molecule has 1 aliphatic heterocycles. The first-order valence-electron chi connectivity index (χ1n) is 6.49. The van der Waals surface area contributed by atoms with E-state index >= 15 is 0 Å². The molecule has 2 unspecified atom stereocenters. The number of imidazole rings is 1. The van der Waals surface area contributed by atoms with Gasteiger partial charge in [0, 0.05) is 44.3 Å². The van der Waals surface area contributed by atoms with Gasteiger partial charge in [-0.25, -0.2) is 9.97 Å². The quantitative estimate of drug-likeness (QED) is 0.854. The van der Waals surface area contributed by atoms with Crippen LogP contribution in [0.3, 0.4) is 0 Å². The van der Waals surface area contributed by atoms with Crippen LogP contribution in [-0.2, 0) is 6.54 Å². The van der Waals surface area contributed by atoms with Crippen molar-refractivity contribution in [1.82, 2.24) is 19.3 Å². The molecule has 3 rings (SSSR count). The van der Waals surface area contributed by atoms with Crippen molar-refractivity contribution >= 4 is 5.78 Å². The average Bonchev–Trinajstić information content (AvgIpc) is 2.76. The number of hydrogen-bond donors (Lipinski definition) is 1. The van der Waals surface area contributed by atoms with E-state index in [0.29, 0.717) is 12.0 Å². The summed E-state index contributed by atoms with van der Waals surface area (Å²) in [5, 5.41) is 0. The zero-order chi connectivity index (χ0) is 12.5. The molecule has 5 heteroatoms. The molecule has 0 amide bonds. The summed E-state index contributed by atoms with van der Waals surface area (Å²) in [6, 6.07) is 2.27. The summed E-state index contributed by atoms with van der Waals surface area (Å²) in [5.41, 5.74) is 7.12. The van der Waals surface area contributed by atoms with Gasteiger partial charge in [0.25, 0.3) is 0 Å². The molecule has 0 spiro atoms. The Morgan fingerprint density at radius 3 is 3.17 bits per heavy atom. The summed E-state index contributed by atoms with van der Waals surface area (Å²) in [6.07, 6.45) is 6.88. The van der Waals surface area contributed by atoms with Gasteiger partial charge in [-0.2, -0.15) is 0 Å². The van der Waals surface area contributed by atoms with Crippen LogP contribution in [0.15, 0.2) is 24.7 Å². The minimum absolute atomic E-state index is 0.351. The number of aromatic nitrogens is 3. The molecule has 0 bridgehead atoms. The Morgan fingerprint density at radius 2 is 2.39 bits per heavy atom. The highest BCUT2D eigenvalue weighted by Crippen LogP contribution is 2.17. The van der Waals surface area contributed by atoms with E-state index in [-0.39, 0.29) is 0 Å². The smallest absolute Gasteiger partial charge is 0.233 e. The van der Waals surface area contributed by atoms with Crippen LogP contribution in [0.1, 0.15) is 19.0 Å². The molecule has 0 aliphatic carbocycles. The van der Waals surface area contributed by atoms with Crippen molar-refractivity contribution in [1.29, 1.82) is 0 Å². The van der Waals surface area contributed by atoms with Gasteiger partial charge in [0.1, 0.15) is 0 Å². The second-order valence-electron chi connectivity index (χ2n) is 5.22. The topological polar surface area (TPSA) is 59.5 Å². The maximum atomic E-state index is 6.04. The number of nitrogens with two attached hydrogens (primary N) is 1. The molecular formula is C13H19N5. The van der Waals surface area contributed by atoms with Gasteiger partial charge in [-0.1, -0.05) is 6.92 Å². The number of hydrogen-bond acceptors (Lipinski definition) is 4. The Balaban J connectivity index is 1.72. The van der Waals surface area contributed by atoms with Crippen molar-refractivity contribution < 1.29 is 0 Å². The van der Waals surface area contributed by atoms with Crippen molar-refractivity contribution in [3.8, 4) is 0 Å². The van der Waals surface area contributed by atoms with Gasteiger partial charge < -0.3 is 5.73 Å². The molecule has 3 heterocycles. The van der Waals surface area contributed by atoms with E-state index in [1.165, 1.54) is 0 Å². The number of fused-ring (bicyclic) bond motifs is 1. The van der Waals surface area contributed by atoms with E-state index < -0.39 is 0 Å². The maximum absolute atomic E-state index is 6.04. The fourth-order valence-electron chi connectivity index (χ4n) is 2.58. The van der Waals surface area contributed by atoms with Crippen molar-refractivity contribution in [3.05, 3.63) is 30.4 Å². The van der Waals surface area contributed by atoms with Crippen LogP contribution in [0, 0.1) is 5.92 Å². The summed E-state index contributed by atoms with van der Waals surface area (Å²) in [5.74, 6) is 1.34. The van der Waals surface area contributed by atoms with Crippen molar-refractivity contribution in [2.24, 2.45) is 11.7 Å². The maximum Gasteiger partial charge on any atom is 0.233 e. The molecule has 18 heavy (non-hydrogen) atoms. The van der Waals surface area contributed by atoms with Gasteiger partial charge in [0.05, 0.1) is 5.69 Å². The van der Waals surface area contributed by atoms with E-state index in [1.807, 2.05) is 16.7 Å². The molecule has 2 atom stereocenters. The number of nitrogens with zero attached hydrogens (tertiary/aromatic N) is 4. The summed E-state index contributed by atoms with van der Waals surface area (Å²) >= 11 is 0. The van der Waals surface area contributed by atoms with Crippen LogP contribution < -0.4 is 5.73 Å². The van der Waals surface area contributed by atoms with Gasteiger partial charge in [-0.05, 0) is 18.4 Å². The highest BCUT2D eigenvalue weighted by atomic mass is 15.2. The summed E-state index contributed by atoms with van der Waals surface area (Å²) < 4.78 is 1.97. The fraction of sp³-hybridized carbons (Fsp3) is 0.538. The van der Waals surface area contributed by atoms with E-state index in [1.54, 1.807) is 6.20 Å². The lowest BCUT2D eigenvalue weighted by Gasteiger charge is -2.34. The van der Waals surface area contributed by atoms with E-state index in [2.05, 4.69) is 28.0 Å². The standard InChI is InChI=1S/C13H19N5/c1-10-7-17(6-3-12(10)14)8-11-9-18-5-2-4-15-13(18)16-11/h2,4-5,9-10,12H,3,6-8,14H2,1H3. The molecule has 1 fully saturated rings. The Kier molecular flexibility index (Phi) is 3.01. The first-order valence-corrected chi connectivity index (χ1v) is 6.49. The zero-order valence-electron chi connectivity index (χ0n) is 10.7. The second-order valence-corrected chi connectivity index (χ2v) is 5.22. The van der Waals surface area contributed by atoms with E-state index in [0.717, 1.165) is 37.5 Å². The molecule has 2 aromatic rings. The fourth-order valence-corrected chi connectivity index (χ4v) is 2.58. The predicted octanol–water partition coefficient (Wildman–Crippen LogP) is 0.898. The third-order valence-electron chi connectivity index (χ3n) is 3.73. The minimum atomic E-state index is 0.351. The summed E-state index contributed by atoms with van der Waals surface area (Å²) in [4.78, 5) is 11.2.